The quantitative estimate of drug-likeness (QED) is 0.778. The Balaban J connectivity index is 1.87. The summed E-state index contributed by atoms with van der Waals surface area (Å²) in [7, 11) is -3.05. The van der Waals surface area contributed by atoms with Gasteiger partial charge in [0.15, 0.2) is 0 Å². The maximum Gasteiger partial charge on any atom is 0.209 e. The van der Waals surface area contributed by atoms with Gasteiger partial charge in [-0.2, -0.15) is 0 Å². The minimum absolute atomic E-state index is 0.0903. The highest BCUT2D eigenvalue weighted by Crippen LogP contribution is 2.56. The molecular weight excluding hydrogens is 210 g/mol. The van der Waals surface area contributed by atoms with E-state index in [2.05, 4.69) is 4.72 Å². The van der Waals surface area contributed by atoms with E-state index in [4.69, 9.17) is 0 Å². The van der Waals surface area contributed by atoms with E-state index >= 15 is 0 Å². The van der Waals surface area contributed by atoms with Crippen LogP contribution in [0.3, 0.4) is 0 Å². The van der Waals surface area contributed by atoms with Gasteiger partial charge in [-0.15, -0.1) is 0 Å². The van der Waals surface area contributed by atoms with Gasteiger partial charge >= 0.3 is 0 Å². The lowest BCUT2D eigenvalue weighted by Gasteiger charge is -2.56. The Bertz CT molecular complexity index is 339. The number of hydrogen-bond acceptors (Lipinski definition) is 2. The molecule has 85 valence electrons. The summed E-state index contributed by atoms with van der Waals surface area (Å²) < 4.78 is 25.7. The lowest BCUT2D eigenvalue weighted by Crippen LogP contribution is -2.59. The molecule has 0 heterocycles. The van der Waals surface area contributed by atoms with Crippen molar-refractivity contribution in [3.8, 4) is 0 Å². The number of sulfonamides is 1. The van der Waals surface area contributed by atoms with Crippen molar-refractivity contribution >= 4 is 10.0 Å². The molecule has 4 heteroatoms. The van der Waals surface area contributed by atoms with Crippen molar-refractivity contribution in [2.24, 2.45) is 11.8 Å². The lowest BCUT2D eigenvalue weighted by atomic mass is 9.53. The summed E-state index contributed by atoms with van der Waals surface area (Å²) in [6, 6.07) is 0. The predicted octanol–water partition coefficient (Wildman–Crippen LogP) is 1.46. The number of rotatable bonds is 2. The van der Waals surface area contributed by atoms with E-state index in [1.54, 1.807) is 5.92 Å². The van der Waals surface area contributed by atoms with Crippen LogP contribution in [-0.2, 0) is 10.0 Å². The topological polar surface area (TPSA) is 46.2 Å². The summed E-state index contributed by atoms with van der Waals surface area (Å²) in [5.41, 5.74) is -0.0903. The van der Waals surface area contributed by atoms with E-state index in [1.165, 1.54) is 25.5 Å². The van der Waals surface area contributed by atoms with Gasteiger partial charge in [0, 0.05) is 5.54 Å². The van der Waals surface area contributed by atoms with Gasteiger partial charge in [-0.05, 0) is 56.3 Å². The highest BCUT2D eigenvalue weighted by atomic mass is 32.2. The van der Waals surface area contributed by atoms with Gasteiger partial charge in [-0.3, -0.25) is 0 Å². The van der Waals surface area contributed by atoms with Crippen LogP contribution in [0.5, 0.6) is 0 Å². The smallest absolute Gasteiger partial charge is 0.209 e. The molecule has 2 unspecified atom stereocenters. The molecule has 0 saturated heterocycles. The van der Waals surface area contributed by atoms with Crippen LogP contribution in [0, 0.1) is 17.8 Å². The summed E-state index contributed by atoms with van der Waals surface area (Å²) in [5.74, 6) is 3.14. The average Bonchev–Trinajstić information content (AvgIpc) is 1.94. The summed E-state index contributed by atoms with van der Waals surface area (Å²) in [6.45, 7) is 0. The Labute approximate surface area is 91.7 Å². The van der Waals surface area contributed by atoms with E-state index in [1.807, 2.05) is 0 Å². The van der Waals surface area contributed by atoms with Crippen LogP contribution < -0.4 is 4.72 Å². The molecule has 0 aliphatic heterocycles. The summed E-state index contributed by atoms with van der Waals surface area (Å²) >= 11 is 0. The molecule has 0 aromatic rings. The maximum atomic E-state index is 11.4. The molecule has 0 spiro atoms. The number of hydrogen-bond donors (Lipinski definition) is 1. The molecule has 4 aliphatic rings. The zero-order valence-corrected chi connectivity index (χ0v) is 9.94. The van der Waals surface area contributed by atoms with Gasteiger partial charge in [0.25, 0.3) is 0 Å². The third kappa shape index (κ3) is 1.82. The Kier molecular flexibility index (Phi) is 2.00. The zero-order valence-electron chi connectivity index (χ0n) is 9.12. The molecule has 2 atom stereocenters. The highest BCUT2D eigenvalue weighted by molar-refractivity contribution is 7.88. The van der Waals surface area contributed by atoms with Crippen molar-refractivity contribution in [2.75, 3.05) is 6.26 Å². The van der Waals surface area contributed by atoms with Crippen molar-refractivity contribution in [1.29, 1.82) is 0 Å². The summed E-state index contributed by atoms with van der Waals surface area (Å²) in [4.78, 5) is 0. The molecule has 0 aromatic carbocycles. The largest absolute Gasteiger partial charge is 0.213 e. The number of nitrogens with one attached hydrogen (secondary N) is 1. The van der Waals surface area contributed by atoms with Crippen LogP contribution in [-0.4, -0.2) is 20.2 Å². The molecule has 4 aliphatic carbocycles. The molecule has 0 amide bonds. The standard InChI is InChI=1S/C11H18NO2S/c1-15(13,14)12-11-5-8-2-9(6-11)4-10(3-8)7-11/h8-9,12H,2-7H2,1H3. The third-order valence-electron chi connectivity index (χ3n) is 4.17. The molecule has 1 radical (unpaired) electrons. The fourth-order valence-corrected chi connectivity index (χ4v) is 5.34. The first kappa shape index (κ1) is 10.1. The molecule has 4 saturated carbocycles. The summed E-state index contributed by atoms with van der Waals surface area (Å²) in [6.07, 6.45) is 8.30. The van der Waals surface area contributed by atoms with Crippen LogP contribution in [0.15, 0.2) is 0 Å². The lowest BCUT2D eigenvalue weighted by molar-refractivity contribution is 0.0570. The van der Waals surface area contributed by atoms with Crippen LogP contribution in [0.1, 0.15) is 38.5 Å². The minimum atomic E-state index is -3.05. The Hall–Kier alpha value is -0.0900. The predicted molar refractivity (Wildman–Crippen MR) is 58.6 cm³/mol. The normalized spacial score (nSPS) is 44.9. The van der Waals surface area contributed by atoms with E-state index < -0.39 is 10.0 Å². The van der Waals surface area contributed by atoms with Crippen LogP contribution in [0.4, 0.5) is 0 Å². The Morgan fingerprint density at radius 3 is 2.33 bits per heavy atom. The van der Waals surface area contributed by atoms with E-state index in [0.717, 1.165) is 31.1 Å². The van der Waals surface area contributed by atoms with Crippen molar-refractivity contribution in [3.05, 3.63) is 5.92 Å². The molecular formula is C11H18NO2S. The molecule has 4 bridgehead atoms. The fourth-order valence-electron chi connectivity index (χ4n) is 4.32. The zero-order chi connectivity index (χ0) is 10.7. The second-order valence-corrected chi connectivity index (χ2v) is 7.61. The van der Waals surface area contributed by atoms with Crippen molar-refractivity contribution in [2.45, 2.75) is 44.1 Å². The van der Waals surface area contributed by atoms with E-state index in [0.29, 0.717) is 0 Å². The average molecular weight is 228 g/mol. The Morgan fingerprint density at radius 1 is 1.27 bits per heavy atom. The van der Waals surface area contributed by atoms with Crippen LogP contribution >= 0.6 is 0 Å². The minimum Gasteiger partial charge on any atom is -0.213 e. The van der Waals surface area contributed by atoms with Crippen molar-refractivity contribution < 1.29 is 8.42 Å². The second kappa shape index (κ2) is 2.98. The molecule has 0 aromatic heterocycles. The van der Waals surface area contributed by atoms with Gasteiger partial charge in [-0.1, -0.05) is 0 Å². The van der Waals surface area contributed by atoms with Crippen molar-refractivity contribution in [1.82, 2.24) is 4.72 Å². The first-order chi connectivity index (χ1) is 6.94. The van der Waals surface area contributed by atoms with Crippen molar-refractivity contribution in [3.63, 3.8) is 0 Å². The van der Waals surface area contributed by atoms with Gasteiger partial charge < -0.3 is 0 Å². The fraction of sp³-hybridized carbons (Fsp3) is 0.909. The second-order valence-electron chi connectivity index (χ2n) is 5.87. The van der Waals surface area contributed by atoms with E-state index in [-0.39, 0.29) is 5.54 Å². The van der Waals surface area contributed by atoms with Gasteiger partial charge in [0.1, 0.15) is 0 Å². The molecule has 3 nitrogen and oxygen atoms in total. The monoisotopic (exact) mass is 228 g/mol. The molecule has 4 rings (SSSR count). The first-order valence-corrected chi connectivity index (χ1v) is 7.66. The van der Waals surface area contributed by atoms with Gasteiger partial charge in [-0.25, -0.2) is 13.1 Å². The van der Waals surface area contributed by atoms with Crippen LogP contribution in [0.25, 0.3) is 0 Å². The third-order valence-corrected chi connectivity index (χ3v) is 4.97. The van der Waals surface area contributed by atoms with E-state index in [9.17, 15) is 8.42 Å². The summed E-state index contributed by atoms with van der Waals surface area (Å²) in [5, 5.41) is 0. The Morgan fingerprint density at radius 2 is 1.87 bits per heavy atom. The molecule has 4 fully saturated rings. The van der Waals surface area contributed by atoms with Crippen LogP contribution in [0.2, 0.25) is 0 Å². The highest BCUT2D eigenvalue weighted by Gasteiger charge is 2.52. The van der Waals surface area contributed by atoms with Gasteiger partial charge in [0.2, 0.25) is 10.0 Å². The molecule has 15 heavy (non-hydrogen) atoms. The SMILES string of the molecule is CS(=O)(=O)NC12C[C]3CC(CC(C3)C1)C2. The first-order valence-electron chi connectivity index (χ1n) is 5.77. The molecule has 1 N–H and O–H groups in total. The van der Waals surface area contributed by atoms with Gasteiger partial charge in [0.05, 0.1) is 6.26 Å². The maximum absolute atomic E-state index is 11.4.